The van der Waals surface area contributed by atoms with Crippen molar-refractivity contribution in [3.8, 4) is 12.3 Å². The topological polar surface area (TPSA) is 104 Å². The summed E-state index contributed by atoms with van der Waals surface area (Å²) in [6.45, 7) is 0.0541. The van der Waals surface area contributed by atoms with Crippen molar-refractivity contribution in [1.29, 1.82) is 0 Å². The van der Waals surface area contributed by atoms with Gasteiger partial charge in [0.05, 0.1) is 11.4 Å². The van der Waals surface area contributed by atoms with Crippen molar-refractivity contribution in [2.24, 2.45) is 0 Å². The number of amides is 2. The van der Waals surface area contributed by atoms with E-state index < -0.39 is 15.9 Å². The van der Waals surface area contributed by atoms with Gasteiger partial charge in [0.1, 0.15) is 0 Å². The van der Waals surface area contributed by atoms with Crippen molar-refractivity contribution in [1.82, 2.24) is 15.4 Å². The first-order valence-corrected chi connectivity index (χ1v) is 10.0. The summed E-state index contributed by atoms with van der Waals surface area (Å²) in [4.78, 5) is 24.0. The lowest BCUT2D eigenvalue weighted by molar-refractivity contribution is -0.121. The van der Waals surface area contributed by atoms with Gasteiger partial charge in [-0.15, -0.1) is 6.42 Å². The average Bonchev–Trinajstić information content (AvgIpc) is 3.13. The van der Waals surface area contributed by atoms with Crippen LogP contribution in [0.2, 0.25) is 0 Å². The molecule has 1 saturated carbocycles. The molecule has 8 heteroatoms. The van der Waals surface area contributed by atoms with Crippen LogP contribution in [0.15, 0.2) is 29.2 Å². The maximum atomic E-state index is 12.2. The van der Waals surface area contributed by atoms with E-state index in [0.717, 1.165) is 25.7 Å². The number of carbonyl (C=O) groups excluding carboxylic acids is 2. The minimum atomic E-state index is -3.76. The van der Waals surface area contributed by atoms with Crippen molar-refractivity contribution < 1.29 is 18.0 Å². The molecule has 2 amide bonds. The summed E-state index contributed by atoms with van der Waals surface area (Å²) in [5.41, 5.74) is 0.199. The summed E-state index contributed by atoms with van der Waals surface area (Å²) < 4.78 is 26.3. The van der Waals surface area contributed by atoms with Crippen LogP contribution in [-0.4, -0.2) is 39.4 Å². The molecule has 0 aliphatic heterocycles. The van der Waals surface area contributed by atoms with Crippen LogP contribution in [0.25, 0.3) is 0 Å². The zero-order valence-electron chi connectivity index (χ0n) is 14.5. The van der Waals surface area contributed by atoms with Crippen LogP contribution < -0.4 is 15.4 Å². The van der Waals surface area contributed by atoms with Gasteiger partial charge < -0.3 is 10.6 Å². The van der Waals surface area contributed by atoms with E-state index in [-0.39, 0.29) is 41.9 Å². The molecule has 1 aliphatic carbocycles. The second kappa shape index (κ2) is 9.36. The van der Waals surface area contributed by atoms with Crippen LogP contribution in [0.5, 0.6) is 0 Å². The number of sulfonamides is 1. The third kappa shape index (κ3) is 5.86. The summed E-state index contributed by atoms with van der Waals surface area (Å²) in [5, 5.41) is 5.58. The van der Waals surface area contributed by atoms with Crippen LogP contribution in [0.3, 0.4) is 0 Å². The van der Waals surface area contributed by atoms with Crippen molar-refractivity contribution in [3.05, 3.63) is 29.8 Å². The number of hydrogen-bond donors (Lipinski definition) is 3. The molecular formula is C18H23N3O4S. The molecule has 1 aliphatic rings. The van der Waals surface area contributed by atoms with E-state index in [4.69, 9.17) is 6.42 Å². The quantitative estimate of drug-likeness (QED) is 0.582. The number of benzene rings is 1. The number of hydrogen-bond acceptors (Lipinski definition) is 4. The number of carbonyl (C=O) groups is 2. The first kappa shape index (κ1) is 19.9. The molecule has 26 heavy (non-hydrogen) atoms. The highest BCUT2D eigenvalue weighted by Crippen LogP contribution is 2.17. The molecule has 0 unspecified atom stereocenters. The van der Waals surface area contributed by atoms with Crippen LogP contribution in [-0.2, 0) is 14.8 Å². The zero-order valence-corrected chi connectivity index (χ0v) is 15.3. The Balaban J connectivity index is 1.86. The van der Waals surface area contributed by atoms with E-state index >= 15 is 0 Å². The normalized spacial score (nSPS) is 14.6. The van der Waals surface area contributed by atoms with Gasteiger partial charge >= 0.3 is 0 Å². The molecule has 1 aromatic rings. The van der Waals surface area contributed by atoms with Crippen molar-refractivity contribution in [2.75, 3.05) is 13.1 Å². The maximum absolute atomic E-state index is 12.2. The second-order valence-electron chi connectivity index (χ2n) is 6.11. The molecule has 0 saturated heterocycles. The summed E-state index contributed by atoms with van der Waals surface area (Å²) in [6, 6.07) is 5.88. The third-order valence-electron chi connectivity index (χ3n) is 4.13. The van der Waals surface area contributed by atoms with Gasteiger partial charge in [0, 0.05) is 24.6 Å². The molecule has 2 rings (SSSR count). The molecule has 0 radical (unpaired) electrons. The molecule has 0 bridgehead atoms. The lowest BCUT2D eigenvalue weighted by Crippen LogP contribution is -2.35. The Hall–Kier alpha value is -2.37. The first-order chi connectivity index (χ1) is 12.4. The third-order valence-corrected chi connectivity index (χ3v) is 5.53. The average molecular weight is 377 g/mol. The molecule has 0 atom stereocenters. The fraction of sp³-hybridized carbons (Fsp3) is 0.444. The van der Waals surface area contributed by atoms with E-state index in [0.29, 0.717) is 0 Å². The highest BCUT2D eigenvalue weighted by molar-refractivity contribution is 7.89. The molecular weight excluding hydrogens is 354 g/mol. The number of terminal acetylenes is 1. The van der Waals surface area contributed by atoms with Crippen LogP contribution in [0.1, 0.15) is 42.5 Å². The van der Waals surface area contributed by atoms with E-state index in [1.807, 2.05) is 0 Å². The molecule has 0 spiro atoms. The van der Waals surface area contributed by atoms with Gasteiger partial charge in [0.15, 0.2) is 0 Å². The highest BCUT2D eigenvalue weighted by atomic mass is 32.2. The SMILES string of the molecule is C#CCNS(=O)(=O)c1cccc(C(=O)NCCC(=O)NC2CCCC2)c1. The monoisotopic (exact) mass is 377 g/mol. The first-order valence-electron chi connectivity index (χ1n) is 8.53. The van der Waals surface area contributed by atoms with Gasteiger partial charge in [-0.25, -0.2) is 8.42 Å². The van der Waals surface area contributed by atoms with Crippen LogP contribution >= 0.6 is 0 Å². The second-order valence-corrected chi connectivity index (χ2v) is 7.88. The lowest BCUT2D eigenvalue weighted by Gasteiger charge is -2.12. The Bertz CT molecular complexity index is 793. The van der Waals surface area contributed by atoms with Gasteiger partial charge in [0.25, 0.3) is 5.91 Å². The standard InChI is InChI=1S/C18H23N3O4S/c1-2-11-20-26(24,25)16-9-5-6-14(13-16)18(23)19-12-10-17(22)21-15-7-3-4-8-15/h1,5-6,9,13,15,20H,3-4,7-8,10-12H2,(H,19,23)(H,21,22). The van der Waals surface area contributed by atoms with Crippen molar-refractivity contribution >= 4 is 21.8 Å². The van der Waals surface area contributed by atoms with E-state index in [2.05, 4.69) is 21.3 Å². The molecule has 0 aromatic heterocycles. The van der Waals surface area contributed by atoms with E-state index in [9.17, 15) is 18.0 Å². The largest absolute Gasteiger partial charge is 0.353 e. The Kier molecular flexibility index (Phi) is 7.18. The molecule has 7 nitrogen and oxygen atoms in total. The Morgan fingerprint density at radius 1 is 1.23 bits per heavy atom. The predicted molar refractivity (Wildman–Crippen MR) is 97.8 cm³/mol. The van der Waals surface area contributed by atoms with Crippen LogP contribution in [0.4, 0.5) is 0 Å². The van der Waals surface area contributed by atoms with E-state index in [1.54, 1.807) is 0 Å². The molecule has 3 N–H and O–H groups in total. The molecule has 1 aromatic carbocycles. The molecule has 0 heterocycles. The Morgan fingerprint density at radius 3 is 2.65 bits per heavy atom. The zero-order chi connectivity index (χ0) is 19.0. The summed E-state index contributed by atoms with van der Waals surface area (Å²) in [6.07, 6.45) is 9.52. The smallest absolute Gasteiger partial charge is 0.251 e. The minimum Gasteiger partial charge on any atom is -0.353 e. The minimum absolute atomic E-state index is 0.0422. The number of rotatable bonds is 8. The Morgan fingerprint density at radius 2 is 1.96 bits per heavy atom. The summed E-state index contributed by atoms with van der Waals surface area (Å²) >= 11 is 0. The van der Waals surface area contributed by atoms with E-state index in [1.165, 1.54) is 24.3 Å². The maximum Gasteiger partial charge on any atom is 0.251 e. The fourth-order valence-corrected chi connectivity index (χ4v) is 3.77. The van der Waals surface area contributed by atoms with Crippen LogP contribution in [0, 0.1) is 12.3 Å². The lowest BCUT2D eigenvalue weighted by atomic mass is 10.2. The predicted octanol–water partition coefficient (Wildman–Crippen LogP) is 0.777. The van der Waals surface area contributed by atoms with Gasteiger partial charge in [-0.05, 0) is 31.0 Å². The van der Waals surface area contributed by atoms with Gasteiger partial charge in [0.2, 0.25) is 15.9 Å². The molecule has 140 valence electrons. The highest BCUT2D eigenvalue weighted by Gasteiger charge is 2.18. The van der Waals surface area contributed by atoms with Gasteiger partial charge in [-0.1, -0.05) is 24.8 Å². The molecule has 1 fully saturated rings. The summed E-state index contributed by atoms with van der Waals surface area (Å²) in [5.74, 6) is 1.66. The Labute approximate surface area is 154 Å². The van der Waals surface area contributed by atoms with Crippen molar-refractivity contribution in [3.63, 3.8) is 0 Å². The number of nitrogens with one attached hydrogen (secondary N) is 3. The fourth-order valence-electron chi connectivity index (χ4n) is 2.79. The van der Waals surface area contributed by atoms with Gasteiger partial charge in [-0.3, -0.25) is 9.59 Å². The van der Waals surface area contributed by atoms with Crippen molar-refractivity contribution in [2.45, 2.75) is 43.0 Å². The summed E-state index contributed by atoms with van der Waals surface area (Å²) in [7, 11) is -3.76. The van der Waals surface area contributed by atoms with Gasteiger partial charge in [-0.2, -0.15) is 4.72 Å².